The van der Waals surface area contributed by atoms with Crippen molar-refractivity contribution in [1.29, 1.82) is 0 Å². The SMILES string of the molecule is CC(=O)OC[C@H]1O[C@H](n2nncc2-c2cccc(Cl)c2)[C@H](OC(C)=O)[C@@H](n2cc(-c3cc(F)c(F)c(F)c3)nn2)[C@H]1OC(C)=O. The van der Waals surface area contributed by atoms with E-state index in [0.29, 0.717) is 16.3 Å². The van der Waals surface area contributed by atoms with Gasteiger partial charge in [0.05, 0.1) is 18.1 Å². The van der Waals surface area contributed by atoms with Crippen LogP contribution in [-0.4, -0.2) is 72.8 Å². The molecule has 3 heterocycles. The van der Waals surface area contributed by atoms with Gasteiger partial charge in [-0.25, -0.2) is 22.5 Å². The van der Waals surface area contributed by atoms with E-state index in [1.54, 1.807) is 24.3 Å². The summed E-state index contributed by atoms with van der Waals surface area (Å²) in [6.45, 7) is 3.00. The van der Waals surface area contributed by atoms with Gasteiger partial charge in [0.1, 0.15) is 24.4 Å². The highest BCUT2D eigenvalue weighted by Gasteiger charge is 2.53. The molecule has 1 fully saturated rings. The maximum Gasteiger partial charge on any atom is 0.303 e. The highest BCUT2D eigenvalue weighted by molar-refractivity contribution is 6.30. The number of hydrogen-bond acceptors (Lipinski definition) is 11. The number of hydrogen-bond donors (Lipinski definition) is 0. The lowest BCUT2D eigenvalue weighted by molar-refractivity contribution is -0.249. The molecule has 0 unspecified atom stereocenters. The molecular weight excluding hydrogens is 625 g/mol. The van der Waals surface area contributed by atoms with Crippen molar-refractivity contribution in [2.75, 3.05) is 6.61 Å². The fraction of sp³-hybridized carbons (Fsp3) is 0.321. The minimum atomic E-state index is -1.67. The molecular formula is C28H24ClF3N6O7. The highest BCUT2D eigenvalue weighted by atomic mass is 35.5. The Balaban J connectivity index is 1.67. The predicted octanol–water partition coefficient (Wildman–Crippen LogP) is 3.84. The summed E-state index contributed by atoms with van der Waals surface area (Å²) in [5.74, 6) is -6.79. The molecule has 5 rings (SSSR count). The van der Waals surface area contributed by atoms with Gasteiger partial charge in [0.15, 0.2) is 35.9 Å². The Morgan fingerprint density at radius 3 is 2.27 bits per heavy atom. The molecule has 2 aromatic heterocycles. The molecule has 1 saturated heterocycles. The zero-order chi connectivity index (χ0) is 32.4. The zero-order valence-electron chi connectivity index (χ0n) is 23.8. The van der Waals surface area contributed by atoms with Gasteiger partial charge < -0.3 is 18.9 Å². The summed E-state index contributed by atoms with van der Waals surface area (Å²) in [6.07, 6.45) is -2.58. The molecule has 236 valence electrons. The summed E-state index contributed by atoms with van der Waals surface area (Å²) in [6, 6.07) is 6.91. The number of aromatic nitrogens is 6. The van der Waals surface area contributed by atoms with Crippen LogP contribution in [0.15, 0.2) is 48.8 Å². The molecule has 45 heavy (non-hydrogen) atoms. The van der Waals surface area contributed by atoms with E-state index in [4.69, 9.17) is 30.5 Å². The Bertz CT molecular complexity index is 1730. The second kappa shape index (κ2) is 13.0. The molecule has 5 atom stereocenters. The van der Waals surface area contributed by atoms with Gasteiger partial charge in [0.25, 0.3) is 0 Å². The van der Waals surface area contributed by atoms with Gasteiger partial charge in [-0.3, -0.25) is 14.4 Å². The summed E-state index contributed by atoms with van der Waals surface area (Å²) in [5, 5.41) is 16.6. The first-order valence-corrected chi connectivity index (χ1v) is 13.7. The maximum atomic E-state index is 14.0. The lowest BCUT2D eigenvalue weighted by Gasteiger charge is -2.44. The van der Waals surface area contributed by atoms with E-state index in [1.807, 2.05) is 0 Å². The first-order chi connectivity index (χ1) is 21.4. The van der Waals surface area contributed by atoms with E-state index in [-0.39, 0.29) is 11.3 Å². The van der Waals surface area contributed by atoms with Crippen LogP contribution in [0.2, 0.25) is 5.02 Å². The average Bonchev–Trinajstić information content (AvgIpc) is 3.65. The monoisotopic (exact) mass is 648 g/mol. The first kappa shape index (κ1) is 31.6. The minimum Gasteiger partial charge on any atom is -0.463 e. The molecule has 0 radical (unpaired) electrons. The van der Waals surface area contributed by atoms with Crippen LogP contribution in [0, 0.1) is 17.5 Å². The molecule has 17 heteroatoms. The van der Waals surface area contributed by atoms with Gasteiger partial charge in [0.2, 0.25) is 0 Å². The molecule has 1 aliphatic heterocycles. The Kier molecular flexibility index (Phi) is 9.15. The third-order valence-electron chi connectivity index (χ3n) is 6.72. The Morgan fingerprint density at radius 2 is 1.62 bits per heavy atom. The molecule has 0 amide bonds. The third kappa shape index (κ3) is 6.81. The highest BCUT2D eigenvalue weighted by Crippen LogP contribution is 2.41. The van der Waals surface area contributed by atoms with Gasteiger partial charge in [-0.1, -0.05) is 34.2 Å². The summed E-state index contributed by atoms with van der Waals surface area (Å²) in [4.78, 5) is 36.6. The lowest BCUT2D eigenvalue weighted by Crippen LogP contribution is -2.57. The van der Waals surface area contributed by atoms with E-state index in [1.165, 1.54) is 24.0 Å². The number of esters is 3. The van der Waals surface area contributed by atoms with Crippen molar-refractivity contribution in [3.63, 3.8) is 0 Å². The van der Waals surface area contributed by atoms with Crippen molar-refractivity contribution >= 4 is 29.5 Å². The van der Waals surface area contributed by atoms with Gasteiger partial charge >= 0.3 is 17.9 Å². The van der Waals surface area contributed by atoms with Crippen molar-refractivity contribution < 1.29 is 46.5 Å². The largest absolute Gasteiger partial charge is 0.463 e. The number of halogens is 4. The second-order valence-corrected chi connectivity index (χ2v) is 10.4. The van der Waals surface area contributed by atoms with Gasteiger partial charge in [-0.05, 0) is 24.3 Å². The molecule has 1 aliphatic rings. The van der Waals surface area contributed by atoms with Crippen molar-refractivity contribution in [3.8, 4) is 22.5 Å². The van der Waals surface area contributed by atoms with Crippen LogP contribution in [0.4, 0.5) is 13.2 Å². The number of nitrogens with zero attached hydrogens (tertiary/aromatic N) is 6. The summed E-state index contributed by atoms with van der Waals surface area (Å²) >= 11 is 6.21. The molecule has 4 aromatic rings. The second-order valence-electron chi connectivity index (χ2n) is 9.92. The number of carbonyl (C=O) groups excluding carboxylic acids is 3. The van der Waals surface area contributed by atoms with Crippen molar-refractivity contribution in [1.82, 2.24) is 30.0 Å². The van der Waals surface area contributed by atoms with E-state index in [9.17, 15) is 27.6 Å². The van der Waals surface area contributed by atoms with Crippen LogP contribution >= 0.6 is 11.6 Å². The summed E-state index contributed by atoms with van der Waals surface area (Å²) in [7, 11) is 0. The van der Waals surface area contributed by atoms with Crippen LogP contribution in [0.5, 0.6) is 0 Å². The standard InChI is InChI=1S/C28H24ClF3N6O7/c1-13(39)42-12-23-26(43-14(2)40)25(37-11-21(34-36-37)17-8-19(30)24(32)20(31)9-17)27(44-15(3)41)28(45-23)38-22(10-33-35-38)16-5-4-6-18(29)7-16/h4-11,23,25-28H,12H2,1-3H3/t23-,25+,26+,27-,28+/m1/s1. The molecule has 0 spiro atoms. The Labute approximate surface area is 257 Å². The van der Waals surface area contributed by atoms with Crippen LogP contribution in [0.1, 0.15) is 33.0 Å². The maximum absolute atomic E-state index is 14.0. The van der Waals surface area contributed by atoms with Crippen LogP contribution in [-0.2, 0) is 33.3 Å². The van der Waals surface area contributed by atoms with E-state index >= 15 is 0 Å². The fourth-order valence-electron chi connectivity index (χ4n) is 4.94. The average molecular weight is 649 g/mol. The minimum absolute atomic E-state index is 0.101. The predicted molar refractivity (Wildman–Crippen MR) is 146 cm³/mol. The molecule has 13 nitrogen and oxygen atoms in total. The van der Waals surface area contributed by atoms with Crippen LogP contribution in [0.3, 0.4) is 0 Å². The normalized spacial score (nSPS) is 21.3. The number of rotatable bonds is 8. The Hall–Kier alpha value is -4.83. The third-order valence-corrected chi connectivity index (χ3v) is 6.96. The molecule has 0 bridgehead atoms. The molecule has 2 aromatic carbocycles. The number of carbonyl (C=O) groups is 3. The fourth-order valence-corrected chi connectivity index (χ4v) is 5.13. The van der Waals surface area contributed by atoms with Gasteiger partial charge in [0, 0.05) is 36.9 Å². The smallest absolute Gasteiger partial charge is 0.303 e. The van der Waals surface area contributed by atoms with E-state index in [2.05, 4.69) is 20.6 Å². The number of benzene rings is 2. The number of ether oxygens (including phenoxy) is 4. The molecule has 0 aliphatic carbocycles. The molecule has 0 N–H and O–H groups in total. The van der Waals surface area contributed by atoms with Crippen LogP contribution < -0.4 is 0 Å². The quantitative estimate of drug-likeness (QED) is 0.156. The summed E-state index contributed by atoms with van der Waals surface area (Å²) < 4.78 is 67.0. The topological polar surface area (TPSA) is 150 Å². The van der Waals surface area contributed by atoms with Crippen molar-refractivity contribution in [2.45, 2.75) is 51.4 Å². The van der Waals surface area contributed by atoms with E-state index in [0.717, 1.165) is 30.7 Å². The molecule has 0 saturated carbocycles. The summed E-state index contributed by atoms with van der Waals surface area (Å²) in [5.41, 5.74) is 0.685. The van der Waals surface area contributed by atoms with Gasteiger partial charge in [-0.2, -0.15) is 0 Å². The van der Waals surface area contributed by atoms with Crippen molar-refractivity contribution in [2.24, 2.45) is 0 Å². The first-order valence-electron chi connectivity index (χ1n) is 13.3. The zero-order valence-corrected chi connectivity index (χ0v) is 24.5. The van der Waals surface area contributed by atoms with Gasteiger partial charge in [-0.15, -0.1) is 10.2 Å². The lowest BCUT2D eigenvalue weighted by atomic mass is 9.94. The van der Waals surface area contributed by atoms with Crippen LogP contribution in [0.25, 0.3) is 22.5 Å². The van der Waals surface area contributed by atoms with Crippen molar-refractivity contribution in [3.05, 3.63) is 71.3 Å². The van der Waals surface area contributed by atoms with E-state index < -0.39 is 72.5 Å². The Morgan fingerprint density at radius 1 is 0.933 bits per heavy atom.